The number of hydrogen-bond donors (Lipinski definition) is 1. The zero-order valence-corrected chi connectivity index (χ0v) is 7.96. The van der Waals surface area contributed by atoms with E-state index in [-0.39, 0.29) is 6.04 Å². The molecule has 2 heterocycles. The van der Waals surface area contributed by atoms with E-state index in [9.17, 15) is 0 Å². The lowest BCUT2D eigenvalue weighted by Gasteiger charge is -2.11. The van der Waals surface area contributed by atoms with Crippen LogP contribution in [0.2, 0.25) is 0 Å². The van der Waals surface area contributed by atoms with Crippen molar-refractivity contribution in [1.29, 1.82) is 0 Å². The summed E-state index contributed by atoms with van der Waals surface area (Å²) in [5.41, 5.74) is 7.40. The van der Waals surface area contributed by atoms with Gasteiger partial charge in [-0.25, -0.2) is 0 Å². The Hall–Kier alpha value is -1.84. The van der Waals surface area contributed by atoms with Crippen molar-refractivity contribution >= 4 is 5.69 Å². The van der Waals surface area contributed by atoms with E-state index in [0.29, 0.717) is 5.69 Å². The van der Waals surface area contributed by atoms with Crippen LogP contribution in [0, 0.1) is 0 Å². The van der Waals surface area contributed by atoms with Crippen LogP contribution in [0.4, 0.5) is 5.69 Å². The summed E-state index contributed by atoms with van der Waals surface area (Å²) < 4.78 is 1.83. The highest BCUT2D eigenvalue weighted by molar-refractivity contribution is 5.31. The Bertz CT molecular complexity index is 407. The lowest BCUT2D eigenvalue weighted by Crippen LogP contribution is -2.07. The minimum Gasteiger partial charge on any atom is -0.396 e. The average molecular weight is 188 g/mol. The molecule has 0 amide bonds. The van der Waals surface area contributed by atoms with Gasteiger partial charge in [0.1, 0.15) is 0 Å². The van der Waals surface area contributed by atoms with Crippen LogP contribution in [0.25, 0.3) is 0 Å². The second-order valence-electron chi connectivity index (χ2n) is 3.22. The number of nitrogen functional groups attached to an aromatic ring is 1. The van der Waals surface area contributed by atoms with Crippen molar-refractivity contribution in [1.82, 2.24) is 14.8 Å². The van der Waals surface area contributed by atoms with Gasteiger partial charge in [-0.3, -0.25) is 9.67 Å². The number of rotatable bonds is 2. The first-order chi connectivity index (χ1) is 6.77. The van der Waals surface area contributed by atoms with E-state index >= 15 is 0 Å². The first kappa shape index (κ1) is 8.74. The highest BCUT2D eigenvalue weighted by Crippen LogP contribution is 2.16. The fraction of sp³-hybridized carbons (Fsp3) is 0.200. The minimum atomic E-state index is 0.168. The predicted molar refractivity (Wildman–Crippen MR) is 54.7 cm³/mol. The molecule has 0 saturated carbocycles. The normalized spacial score (nSPS) is 12.6. The van der Waals surface area contributed by atoms with Crippen LogP contribution in [0.5, 0.6) is 0 Å². The fourth-order valence-corrected chi connectivity index (χ4v) is 1.34. The summed E-state index contributed by atoms with van der Waals surface area (Å²) in [7, 11) is 0. The molecule has 0 aliphatic carbocycles. The molecule has 0 bridgehead atoms. The molecule has 2 aromatic heterocycles. The van der Waals surface area contributed by atoms with E-state index in [4.69, 9.17) is 5.73 Å². The number of nitrogens with two attached hydrogens (primary N) is 1. The van der Waals surface area contributed by atoms with Crippen molar-refractivity contribution in [2.45, 2.75) is 13.0 Å². The number of pyridine rings is 1. The van der Waals surface area contributed by atoms with Crippen molar-refractivity contribution in [3.63, 3.8) is 0 Å². The Morgan fingerprint density at radius 2 is 2.29 bits per heavy atom. The van der Waals surface area contributed by atoms with Crippen molar-refractivity contribution < 1.29 is 0 Å². The summed E-state index contributed by atoms with van der Waals surface area (Å²) in [6, 6.07) is 4.11. The first-order valence-electron chi connectivity index (χ1n) is 4.47. The Kier molecular flexibility index (Phi) is 2.18. The van der Waals surface area contributed by atoms with E-state index in [0.717, 1.165) is 5.56 Å². The quantitative estimate of drug-likeness (QED) is 0.776. The van der Waals surface area contributed by atoms with Crippen molar-refractivity contribution in [2.24, 2.45) is 0 Å². The van der Waals surface area contributed by atoms with Gasteiger partial charge >= 0.3 is 0 Å². The number of hydrogen-bond acceptors (Lipinski definition) is 3. The standard InChI is InChI=1S/C10H12N4/c1-8(9-3-2-4-12-5-9)14-7-10(11)6-13-14/h2-8H,11H2,1H3. The van der Waals surface area contributed by atoms with Crippen molar-refractivity contribution in [3.8, 4) is 0 Å². The summed E-state index contributed by atoms with van der Waals surface area (Å²) in [5, 5.41) is 4.16. The van der Waals surface area contributed by atoms with Gasteiger partial charge in [-0.15, -0.1) is 0 Å². The summed E-state index contributed by atoms with van der Waals surface area (Å²) in [6.07, 6.45) is 7.06. The van der Waals surface area contributed by atoms with Crippen LogP contribution in [0.3, 0.4) is 0 Å². The summed E-state index contributed by atoms with van der Waals surface area (Å²) in [5.74, 6) is 0. The van der Waals surface area contributed by atoms with Crippen LogP contribution in [-0.2, 0) is 0 Å². The summed E-state index contributed by atoms with van der Waals surface area (Å²) in [6.45, 7) is 2.06. The fourth-order valence-electron chi connectivity index (χ4n) is 1.34. The molecule has 14 heavy (non-hydrogen) atoms. The Morgan fingerprint density at radius 3 is 2.86 bits per heavy atom. The van der Waals surface area contributed by atoms with Gasteiger partial charge in [0.05, 0.1) is 17.9 Å². The Morgan fingerprint density at radius 1 is 1.43 bits per heavy atom. The minimum absolute atomic E-state index is 0.168. The third-order valence-electron chi connectivity index (χ3n) is 2.19. The van der Waals surface area contributed by atoms with E-state index in [2.05, 4.69) is 17.0 Å². The van der Waals surface area contributed by atoms with E-state index in [1.807, 2.05) is 29.2 Å². The molecule has 1 unspecified atom stereocenters. The maximum absolute atomic E-state index is 5.60. The average Bonchev–Trinajstić information content (AvgIpc) is 2.65. The van der Waals surface area contributed by atoms with Gasteiger partial charge in [0.15, 0.2) is 0 Å². The van der Waals surface area contributed by atoms with Gasteiger partial charge < -0.3 is 5.73 Å². The van der Waals surface area contributed by atoms with Gasteiger partial charge in [-0.1, -0.05) is 6.07 Å². The number of anilines is 1. The van der Waals surface area contributed by atoms with Gasteiger partial charge in [-0.2, -0.15) is 5.10 Å². The zero-order valence-electron chi connectivity index (χ0n) is 7.96. The first-order valence-corrected chi connectivity index (χ1v) is 4.47. The third-order valence-corrected chi connectivity index (χ3v) is 2.19. The molecule has 4 nitrogen and oxygen atoms in total. The second-order valence-corrected chi connectivity index (χ2v) is 3.22. The van der Waals surface area contributed by atoms with E-state index in [1.165, 1.54) is 0 Å². The molecule has 0 aromatic carbocycles. The largest absolute Gasteiger partial charge is 0.396 e. The van der Waals surface area contributed by atoms with E-state index < -0.39 is 0 Å². The summed E-state index contributed by atoms with van der Waals surface area (Å²) in [4.78, 5) is 4.07. The molecular weight excluding hydrogens is 176 g/mol. The monoisotopic (exact) mass is 188 g/mol. The van der Waals surface area contributed by atoms with Crippen LogP contribution in [0.15, 0.2) is 36.9 Å². The lowest BCUT2D eigenvalue weighted by atomic mass is 10.1. The van der Waals surface area contributed by atoms with Gasteiger partial charge in [0.2, 0.25) is 0 Å². The van der Waals surface area contributed by atoms with Crippen LogP contribution < -0.4 is 5.73 Å². The third kappa shape index (κ3) is 1.59. The van der Waals surface area contributed by atoms with E-state index in [1.54, 1.807) is 12.4 Å². The van der Waals surface area contributed by atoms with Gasteiger partial charge in [0.25, 0.3) is 0 Å². The van der Waals surface area contributed by atoms with Gasteiger partial charge in [0, 0.05) is 18.6 Å². The molecule has 0 aliphatic rings. The smallest absolute Gasteiger partial charge is 0.0756 e. The predicted octanol–water partition coefficient (Wildman–Crippen LogP) is 1.47. The highest BCUT2D eigenvalue weighted by atomic mass is 15.3. The molecular formula is C10H12N4. The molecule has 0 radical (unpaired) electrons. The van der Waals surface area contributed by atoms with Crippen LogP contribution >= 0.6 is 0 Å². The summed E-state index contributed by atoms with van der Waals surface area (Å²) >= 11 is 0. The maximum atomic E-state index is 5.60. The molecule has 4 heteroatoms. The van der Waals surface area contributed by atoms with Crippen molar-refractivity contribution in [3.05, 3.63) is 42.5 Å². The van der Waals surface area contributed by atoms with Crippen LogP contribution in [0.1, 0.15) is 18.5 Å². The number of nitrogens with zero attached hydrogens (tertiary/aromatic N) is 3. The molecule has 72 valence electrons. The molecule has 0 fully saturated rings. The molecule has 0 saturated heterocycles. The van der Waals surface area contributed by atoms with Gasteiger partial charge in [-0.05, 0) is 18.6 Å². The lowest BCUT2D eigenvalue weighted by molar-refractivity contribution is 0.563. The second kappa shape index (κ2) is 3.49. The number of aromatic nitrogens is 3. The van der Waals surface area contributed by atoms with Crippen LogP contribution in [-0.4, -0.2) is 14.8 Å². The molecule has 1 atom stereocenters. The Balaban J connectivity index is 2.29. The topological polar surface area (TPSA) is 56.7 Å². The highest BCUT2D eigenvalue weighted by Gasteiger charge is 2.07. The SMILES string of the molecule is CC(c1cccnc1)n1cc(N)cn1. The maximum Gasteiger partial charge on any atom is 0.0756 e. The zero-order chi connectivity index (χ0) is 9.97. The molecule has 2 N–H and O–H groups in total. The van der Waals surface area contributed by atoms with Crippen molar-refractivity contribution in [2.75, 3.05) is 5.73 Å². The molecule has 0 spiro atoms. The Labute approximate surface area is 82.4 Å². The molecule has 0 aliphatic heterocycles. The molecule has 2 rings (SSSR count). The molecule has 2 aromatic rings.